The van der Waals surface area contributed by atoms with Crippen LogP contribution in [-0.4, -0.2) is 19.0 Å². The normalized spacial score (nSPS) is 10.4. The number of hydrogen-bond donors (Lipinski definition) is 0. The summed E-state index contributed by atoms with van der Waals surface area (Å²) in [7, 11) is 0. The predicted octanol–water partition coefficient (Wildman–Crippen LogP) is 5.30. The van der Waals surface area contributed by atoms with Gasteiger partial charge in [-0.05, 0) is 55.7 Å². The van der Waals surface area contributed by atoms with E-state index >= 15 is 0 Å². The Morgan fingerprint density at radius 1 is 0.792 bits per heavy atom. The maximum absolute atomic E-state index is 11.9. The molecule has 0 fully saturated rings. The van der Waals surface area contributed by atoms with Gasteiger partial charge >= 0.3 is 0 Å². The highest BCUT2D eigenvalue weighted by atomic mass is 16.5. The fraction of sp³-hybridized carbons (Fsp3) is 0.381. The molecule has 0 heterocycles. The molecule has 24 heavy (non-hydrogen) atoms. The van der Waals surface area contributed by atoms with Crippen molar-refractivity contribution in [3.8, 4) is 11.5 Å². The Kier molecular flexibility index (Phi) is 7.88. The van der Waals surface area contributed by atoms with E-state index in [0.29, 0.717) is 19.6 Å². The molecule has 2 aromatic rings. The summed E-state index contributed by atoms with van der Waals surface area (Å²) in [4.78, 5) is 11.9. The molecule has 0 bridgehead atoms. The SMILES string of the molecule is CCCCC(=O)c1ccc(OCCCCOc2ccccc2)cc1. The number of carbonyl (C=O) groups excluding carboxylic acids is 1. The summed E-state index contributed by atoms with van der Waals surface area (Å²) in [6.45, 7) is 3.44. The molecule has 128 valence electrons. The van der Waals surface area contributed by atoms with E-state index in [1.165, 1.54) is 0 Å². The van der Waals surface area contributed by atoms with E-state index in [1.807, 2.05) is 54.6 Å². The molecule has 0 aliphatic carbocycles. The Bertz CT molecular complexity index is 590. The molecule has 0 radical (unpaired) electrons. The second-order valence-corrected chi connectivity index (χ2v) is 5.77. The van der Waals surface area contributed by atoms with E-state index in [-0.39, 0.29) is 5.78 Å². The first-order valence-electron chi connectivity index (χ1n) is 8.73. The topological polar surface area (TPSA) is 35.5 Å². The zero-order chi connectivity index (χ0) is 17.0. The monoisotopic (exact) mass is 326 g/mol. The number of ketones is 1. The Morgan fingerprint density at radius 3 is 1.96 bits per heavy atom. The van der Waals surface area contributed by atoms with Crippen LogP contribution >= 0.6 is 0 Å². The summed E-state index contributed by atoms with van der Waals surface area (Å²) in [5.74, 6) is 1.93. The van der Waals surface area contributed by atoms with Crippen LogP contribution in [0.3, 0.4) is 0 Å². The van der Waals surface area contributed by atoms with Crippen LogP contribution in [-0.2, 0) is 0 Å². The van der Waals surface area contributed by atoms with Gasteiger partial charge in [-0.3, -0.25) is 4.79 Å². The maximum atomic E-state index is 11.9. The molecule has 2 aromatic carbocycles. The van der Waals surface area contributed by atoms with Gasteiger partial charge in [-0.1, -0.05) is 31.5 Å². The number of ether oxygens (including phenoxy) is 2. The lowest BCUT2D eigenvalue weighted by Crippen LogP contribution is -2.03. The molecular weight excluding hydrogens is 300 g/mol. The minimum Gasteiger partial charge on any atom is -0.494 e. The third kappa shape index (κ3) is 6.45. The highest BCUT2D eigenvalue weighted by Crippen LogP contribution is 2.15. The lowest BCUT2D eigenvalue weighted by molar-refractivity contribution is 0.0979. The summed E-state index contributed by atoms with van der Waals surface area (Å²) < 4.78 is 11.3. The molecule has 3 heteroatoms. The molecule has 0 aliphatic heterocycles. The van der Waals surface area contributed by atoms with Crippen molar-refractivity contribution in [2.75, 3.05) is 13.2 Å². The van der Waals surface area contributed by atoms with Crippen molar-refractivity contribution in [3.63, 3.8) is 0 Å². The molecule has 0 saturated carbocycles. The van der Waals surface area contributed by atoms with Gasteiger partial charge in [-0.15, -0.1) is 0 Å². The number of para-hydroxylation sites is 1. The van der Waals surface area contributed by atoms with Gasteiger partial charge in [0, 0.05) is 12.0 Å². The van der Waals surface area contributed by atoms with Crippen LogP contribution in [0.2, 0.25) is 0 Å². The van der Waals surface area contributed by atoms with Crippen molar-refractivity contribution >= 4 is 5.78 Å². The molecule has 0 N–H and O–H groups in total. The molecule has 0 atom stereocenters. The lowest BCUT2D eigenvalue weighted by atomic mass is 10.1. The standard InChI is InChI=1S/C21H26O3/c1-2-3-11-21(22)18-12-14-20(15-13-18)24-17-8-7-16-23-19-9-5-4-6-10-19/h4-6,9-10,12-15H,2-3,7-8,11,16-17H2,1H3. The van der Waals surface area contributed by atoms with E-state index in [4.69, 9.17) is 9.47 Å². The first kappa shape index (κ1) is 18.1. The number of hydrogen-bond acceptors (Lipinski definition) is 3. The number of Topliss-reactive ketones (excluding diaryl/α,β-unsaturated/α-hetero) is 1. The summed E-state index contributed by atoms with van der Waals surface area (Å²) in [6, 6.07) is 17.3. The van der Waals surface area contributed by atoms with E-state index in [9.17, 15) is 4.79 Å². The molecule has 2 rings (SSSR count). The number of carbonyl (C=O) groups is 1. The summed E-state index contributed by atoms with van der Waals surface area (Å²) in [6.07, 6.45) is 4.49. The smallest absolute Gasteiger partial charge is 0.162 e. The molecular formula is C21H26O3. The summed E-state index contributed by atoms with van der Waals surface area (Å²) in [5.41, 5.74) is 0.770. The third-order valence-corrected chi connectivity index (χ3v) is 3.75. The molecule has 3 nitrogen and oxygen atoms in total. The van der Waals surface area contributed by atoms with Gasteiger partial charge in [0.05, 0.1) is 13.2 Å². The van der Waals surface area contributed by atoms with Crippen LogP contribution in [0.25, 0.3) is 0 Å². The predicted molar refractivity (Wildman–Crippen MR) is 97.0 cm³/mol. The Hall–Kier alpha value is -2.29. The van der Waals surface area contributed by atoms with Gasteiger partial charge in [0.25, 0.3) is 0 Å². The lowest BCUT2D eigenvalue weighted by Gasteiger charge is -2.08. The minimum absolute atomic E-state index is 0.210. The van der Waals surface area contributed by atoms with Crippen molar-refractivity contribution in [2.45, 2.75) is 39.0 Å². The van der Waals surface area contributed by atoms with Gasteiger partial charge in [0.15, 0.2) is 5.78 Å². The average Bonchev–Trinajstić information content (AvgIpc) is 2.64. The average molecular weight is 326 g/mol. The largest absolute Gasteiger partial charge is 0.494 e. The third-order valence-electron chi connectivity index (χ3n) is 3.75. The molecule has 0 amide bonds. The minimum atomic E-state index is 0.210. The van der Waals surface area contributed by atoms with Crippen molar-refractivity contribution in [2.24, 2.45) is 0 Å². The maximum Gasteiger partial charge on any atom is 0.162 e. The molecule has 0 aromatic heterocycles. The highest BCUT2D eigenvalue weighted by molar-refractivity contribution is 5.96. The second kappa shape index (κ2) is 10.5. The van der Waals surface area contributed by atoms with Crippen LogP contribution < -0.4 is 9.47 Å². The number of rotatable bonds is 11. The van der Waals surface area contributed by atoms with Crippen LogP contribution in [0.4, 0.5) is 0 Å². The van der Waals surface area contributed by atoms with E-state index < -0.39 is 0 Å². The van der Waals surface area contributed by atoms with Gasteiger partial charge in [-0.25, -0.2) is 0 Å². The fourth-order valence-corrected chi connectivity index (χ4v) is 2.32. The zero-order valence-corrected chi connectivity index (χ0v) is 14.4. The quantitative estimate of drug-likeness (QED) is 0.415. The Labute approximate surface area is 144 Å². The summed E-state index contributed by atoms with van der Waals surface area (Å²) in [5, 5.41) is 0. The second-order valence-electron chi connectivity index (χ2n) is 5.77. The molecule has 0 spiro atoms. The van der Waals surface area contributed by atoms with E-state index in [1.54, 1.807) is 0 Å². The van der Waals surface area contributed by atoms with Gasteiger partial charge in [-0.2, -0.15) is 0 Å². The van der Waals surface area contributed by atoms with Crippen molar-refractivity contribution in [1.82, 2.24) is 0 Å². The van der Waals surface area contributed by atoms with Crippen LogP contribution in [0.5, 0.6) is 11.5 Å². The fourth-order valence-electron chi connectivity index (χ4n) is 2.32. The van der Waals surface area contributed by atoms with Gasteiger partial charge in [0.2, 0.25) is 0 Å². The molecule has 0 unspecified atom stereocenters. The van der Waals surface area contributed by atoms with Crippen molar-refractivity contribution < 1.29 is 14.3 Å². The first-order chi connectivity index (χ1) is 11.8. The van der Waals surface area contributed by atoms with Crippen molar-refractivity contribution in [1.29, 1.82) is 0 Å². The Morgan fingerprint density at radius 2 is 1.38 bits per heavy atom. The van der Waals surface area contributed by atoms with Crippen molar-refractivity contribution in [3.05, 3.63) is 60.2 Å². The number of benzene rings is 2. The first-order valence-corrected chi connectivity index (χ1v) is 8.73. The van der Waals surface area contributed by atoms with Crippen LogP contribution in [0.1, 0.15) is 49.4 Å². The molecule has 0 saturated heterocycles. The van der Waals surface area contributed by atoms with E-state index in [0.717, 1.165) is 42.7 Å². The van der Waals surface area contributed by atoms with Gasteiger partial charge < -0.3 is 9.47 Å². The summed E-state index contributed by atoms with van der Waals surface area (Å²) >= 11 is 0. The Balaban J connectivity index is 1.61. The van der Waals surface area contributed by atoms with Crippen LogP contribution in [0, 0.1) is 0 Å². The number of unbranched alkanes of at least 4 members (excludes halogenated alkanes) is 2. The molecule has 0 aliphatic rings. The van der Waals surface area contributed by atoms with Crippen LogP contribution in [0.15, 0.2) is 54.6 Å². The highest BCUT2D eigenvalue weighted by Gasteiger charge is 2.05. The van der Waals surface area contributed by atoms with Gasteiger partial charge in [0.1, 0.15) is 11.5 Å². The van der Waals surface area contributed by atoms with E-state index in [2.05, 4.69) is 6.92 Å². The zero-order valence-electron chi connectivity index (χ0n) is 14.4.